The summed E-state index contributed by atoms with van der Waals surface area (Å²) in [5, 5.41) is 3.67. The molecule has 0 spiro atoms. The molecule has 118 valence electrons. The monoisotopic (exact) mass is 289 g/mol. The third-order valence-electron chi connectivity index (χ3n) is 4.48. The van der Waals surface area contributed by atoms with E-state index in [9.17, 15) is 0 Å². The highest BCUT2D eigenvalue weighted by Gasteiger charge is 2.13. The van der Waals surface area contributed by atoms with Gasteiger partial charge in [0, 0.05) is 6.04 Å². The SMILES string of the molecule is CC(C)Oc1ccc(C(C)NCCC2CCCCC2)cc1. The maximum absolute atomic E-state index is 5.69. The molecule has 1 aromatic carbocycles. The molecular formula is C19H31NO. The van der Waals surface area contributed by atoms with E-state index in [4.69, 9.17) is 4.74 Å². The number of nitrogens with one attached hydrogen (secondary N) is 1. The van der Waals surface area contributed by atoms with Crippen molar-refractivity contribution in [2.45, 2.75) is 71.4 Å². The van der Waals surface area contributed by atoms with Crippen LogP contribution in [0.4, 0.5) is 0 Å². The predicted molar refractivity (Wildman–Crippen MR) is 89.8 cm³/mol. The first-order chi connectivity index (χ1) is 10.1. The zero-order valence-electron chi connectivity index (χ0n) is 13.9. The summed E-state index contributed by atoms with van der Waals surface area (Å²) in [6, 6.07) is 8.93. The van der Waals surface area contributed by atoms with E-state index in [1.165, 1.54) is 44.1 Å². The van der Waals surface area contributed by atoms with Gasteiger partial charge in [0.25, 0.3) is 0 Å². The molecule has 0 aliphatic heterocycles. The summed E-state index contributed by atoms with van der Waals surface area (Å²) in [5.74, 6) is 1.92. The zero-order chi connectivity index (χ0) is 15.1. The summed E-state index contributed by atoms with van der Waals surface area (Å²) in [4.78, 5) is 0. The minimum Gasteiger partial charge on any atom is -0.491 e. The van der Waals surface area contributed by atoms with Crippen molar-refractivity contribution in [2.24, 2.45) is 5.92 Å². The van der Waals surface area contributed by atoms with Gasteiger partial charge in [-0.3, -0.25) is 0 Å². The van der Waals surface area contributed by atoms with Crippen LogP contribution in [0.15, 0.2) is 24.3 Å². The molecule has 1 N–H and O–H groups in total. The van der Waals surface area contributed by atoms with E-state index in [2.05, 4.69) is 50.4 Å². The largest absolute Gasteiger partial charge is 0.491 e. The van der Waals surface area contributed by atoms with Gasteiger partial charge < -0.3 is 10.1 Å². The summed E-state index contributed by atoms with van der Waals surface area (Å²) >= 11 is 0. The van der Waals surface area contributed by atoms with Gasteiger partial charge in [0.05, 0.1) is 6.10 Å². The Morgan fingerprint density at radius 3 is 2.33 bits per heavy atom. The van der Waals surface area contributed by atoms with Crippen LogP contribution in [0.1, 0.15) is 70.9 Å². The predicted octanol–water partition coefficient (Wildman–Crippen LogP) is 5.09. The van der Waals surface area contributed by atoms with Gasteiger partial charge in [0.2, 0.25) is 0 Å². The van der Waals surface area contributed by atoms with Crippen molar-refractivity contribution in [2.75, 3.05) is 6.54 Å². The molecule has 2 nitrogen and oxygen atoms in total. The van der Waals surface area contributed by atoms with E-state index in [0.717, 1.165) is 18.2 Å². The Hall–Kier alpha value is -1.02. The summed E-state index contributed by atoms with van der Waals surface area (Å²) in [5.41, 5.74) is 1.34. The molecule has 0 bridgehead atoms. The summed E-state index contributed by atoms with van der Waals surface area (Å²) in [7, 11) is 0. The van der Waals surface area contributed by atoms with Gasteiger partial charge in [0.15, 0.2) is 0 Å². The van der Waals surface area contributed by atoms with E-state index >= 15 is 0 Å². The molecule has 2 heteroatoms. The highest BCUT2D eigenvalue weighted by atomic mass is 16.5. The molecule has 1 aromatic rings. The van der Waals surface area contributed by atoms with E-state index in [-0.39, 0.29) is 6.10 Å². The molecule has 0 heterocycles. The first-order valence-corrected chi connectivity index (χ1v) is 8.65. The normalized spacial score (nSPS) is 17.9. The van der Waals surface area contributed by atoms with Crippen LogP contribution in [0, 0.1) is 5.92 Å². The van der Waals surface area contributed by atoms with E-state index in [1.54, 1.807) is 0 Å². The minimum absolute atomic E-state index is 0.238. The van der Waals surface area contributed by atoms with Crippen molar-refractivity contribution in [1.82, 2.24) is 5.32 Å². The minimum atomic E-state index is 0.238. The molecule has 0 amide bonds. The van der Waals surface area contributed by atoms with Gasteiger partial charge in [-0.15, -0.1) is 0 Å². The van der Waals surface area contributed by atoms with E-state index < -0.39 is 0 Å². The zero-order valence-corrected chi connectivity index (χ0v) is 13.9. The molecule has 1 unspecified atom stereocenters. The molecule has 21 heavy (non-hydrogen) atoms. The van der Waals surface area contributed by atoms with Gasteiger partial charge in [-0.2, -0.15) is 0 Å². The lowest BCUT2D eigenvalue weighted by Gasteiger charge is -2.23. The van der Waals surface area contributed by atoms with Crippen molar-refractivity contribution in [3.8, 4) is 5.75 Å². The Balaban J connectivity index is 1.73. The van der Waals surface area contributed by atoms with Crippen LogP contribution in [0.5, 0.6) is 5.75 Å². The Morgan fingerprint density at radius 2 is 1.71 bits per heavy atom. The van der Waals surface area contributed by atoms with Crippen LogP contribution in [0.25, 0.3) is 0 Å². The topological polar surface area (TPSA) is 21.3 Å². The summed E-state index contributed by atoms with van der Waals surface area (Å²) in [6.45, 7) is 7.50. The standard InChI is InChI=1S/C19H31NO/c1-15(2)21-19-11-9-18(10-12-19)16(3)20-14-13-17-7-5-4-6-8-17/h9-12,15-17,20H,4-8,13-14H2,1-3H3. The summed E-state index contributed by atoms with van der Waals surface area (Å²) in [6.07, 6.45) is 8.79. The average Bonchev–Trinajstić information content (AvgIpc) is 2.48. The van der Waals surface area contributed by atoms with Crippen molar-refractivity contribution in [3.63, 3.8) is 0 Å². The smallest absolute Gasteiger partial charge is 0.119 e. The second-order valence-electron chi connectivity index (χ2n) is 6.70. The molecule has 1 saturated carbocycles. The van der Waals surface area contributed by atoms with Crippen molar-refractivity contribution in [3.05, 3.63) is 29.8 Å². The van der Waals surface area contributed by atoms with E-state index in [0.29, 0.717) is 6.04 Å². The Kier molecular flexibility index (Phi) is 6.56. The molecule has 1 aliphatic carbocycles. The van der Waals surface area contributed by atoms with Crippen LogP contribution < -0.4 is 10.1 Å². The van der Waals surface area contributed by atoms with Crippen molar-refractivity contribution >= 4 is 0 Å². The van der Waals surface area contributed by atoms with Crippen LogP contribution in [0.3, 0.4) is 0 Å². The first kappa shape index (κ1) is 16.4. The quantitative estimate of drug-likeness (QED) is 0.754. The fraction of sp³-hybridized carbons (Fsp3) is 0.684. The molecule has 1 aliphatic rings. The van der Waals surface area contributed by atoms with Crippen LogP contribution in [0.2, 0.25) is 0 Å². The Labute approximate surface area is 130 Å². The first-order valence-electron chi connectivity index (χ1n) is 8.65. The molecule has 2 rings (SSSR count). The Morgan fingerprint density at radius 1 is 1.05 bits per heavy atom. The number of benzene rings is 1. The lowest BCUT2D eigenvalue weighted by molar-refractivity contribution is 0.242. The van der Waals surface area contributed by atoms with Gasteiger partial charge in [-0.1, -0.05) is 44.2 Å². The van der Waals surface area contributed by atoms with Crippen LogP contribution in [-0.2, 0) is 0 Å². The average molecular weight is 289 g/mol. The van der Waals surface area contributed by atoms with Gasteiger partial charge in [-0.25, -0.2) is 0 Å². The number of hydrogen-bond donors (Lipinski definition) is 1. The second kappa shape index (κ2) is 8.43. The Bertz CT molecular complexity index is 393. The number of hydrogen-bond acceptors (Lipinski definition) is 2. The van der Waals surface area contributed by atoms with Crippen LogP contribution >= 0.6 is 0 Å². The third kappa shape index (κ3) is 5.70. The van der Waals surface area contributed by atoms with E-state index in [1.807, 2.05) is 0 Å². The molecule has 0 aromatic heterocycles. The highest BCUT2D eigenvalue weighted by Crippen LogP contribution is 2.26. The number of rotatable bonds is 7. The van der Waals surface area contributed by atoms with Gasteiger partial charge >= 0.3 is 0 Å². The van der Waals surface area contributed by atoms with Gasteiger partial charge in [-0.05, 0) is 57.4 Å². The molecular weight excluding hydrogens is 258 g/mol. The lowest BCUT2D eigenvalue weighted by atomic mass is 9.87. The van der Waals surface area contributed by atoms with Crippen molar-refractivity contribution in [1.29, 1.82) is 0 Å². The molecule has 1 fully saturated rings. The highest BCUT2D eigenvalue weighted by molar-refractivity contribution is 5.29. The van der Waals surface area contributed by atoms with Gasteiger partial charge in [0.1, 0.15) is 5.75 Å². The number of ether oxygens (including phenoxy) is 1. The van der Waals surface area contributed by atoms with Crippen LogP contribution in [-0.4, -0.2) is 12.6 Å². The third-order valence-corrected chi connectivity index (χ3v) is 4.48. The fourth-order valence-electron chi connectivity index (χ4n) is 3.20. The fourth-order valence-corrected chi connectivity index (χ4v) is 3.20. The lowest BCUT2D eigenvalue weighted by Crippen LogP contribution is -2.22. The molecule has 1 atom stereocenters. The maximum atomic E-state index is 5.69. The second-order valence-corrected chi connectivity index (χ2v) is 6.70. The van der Waals surface area contributed by atoms with Crippen molar-refractivity contribution < 1.29 is 4.74 Å². The molecule has 0 radical (unpaired) electrons. The maximum Gasteiger partial charge on any atom is 0.119 e. The molecule has 0 saturated heterocycles. The summed E-state index contributed by atoms with van der Waals surface area (Å²) < 4.78 is 5.69.